The molecule has 1 heterocycles. The summed E-state index contributed by atoms with van der Waals surface area (Å²) in [5.74, 6) is -0.268. The minimum Gasteiger partial charge on any atom is -0.489 e. The van der Waals surface area contributed by atoms with Gasteiger partial charge in [0.25, 0.3) is 0 Å². The average Bonchev–Trinajstić information content (AvgIpc) is 2.72. The van der Waals surface area contributed by atoms with E-state index in [4.69, 9.17) is 25.8 Å². The SMILES string of the molecule is CC1O[C@H](COC(=O)c2cc(Cl)cc(OCc3ccccc3)c2)[C@@H](O)[C@H](O)[C@H]1O. The van der Waals surface area contributed by atoms with Crippen LogP contribution in [0, 0.1) is 0 Å². The van der Waals surface area contributed by atoms with Crippen LogP contribution in [0.5, 0.6) is 5.75 Å². The first kappa shape index (κ1) is 21.5. The molecule has 5 atom stereocenters. The summed E-state index contributed by atoms with van der Waals surface area (Å²) in [6.45, 7) is 1.58. The van der Waals surface area contributed by atoms with E-state index in [0.717, 1.165) is 5.56 Å². The quantitative estimate of drug-likeness (QED) is 0.611. The molecule has 0 bridgehead atoms. The molecule has 0 saturated carbocycles. The highest BCUT2D eigenvalue weighted by Crippen LogP contribution is 2.24. The van der Waals surface area contributed by atoms with E-state index in [9.17, 15) is 20.1 Å². The van der Waals surface area contributed by atoms with E-state index in [2.05, 4.69) is 0 Å². The lowest BCUT2D eigenvalue weighted by atomic mass is 9.96. The number of hydrogen-bond donors (Lipinski definition) is 3. The second-order valence-electron chi connectivity index (χ2n) is 6.90. The van der Waals surface area contributed by atoms with Gasteiger partial charge in [0.1, 0.15) is 43.4 Å². The number of aliphatic hydroxyl groups is 3. The minimum atomic E-state index is -1.38. The highest BCUT2D eigenvalue weighted by Gasteiger charge is 2.42. The molecule has 0 aromatic heterocycles. The van der Waals surface area contributed by atoms with Gasteiger partial charge in [0.05, 0.1) is 11.7 Å². The zero-order chi connectivity index (χ0) is 21.0. The molecule has 1 unspecified atom stereocenters. The van der Waals surface area contributed by atoms with Gasteiger partial charge in [-0.2, -0.15) is 0 Å². The fraction of sp³-hybridized carbons (Fsp3) is 0.381. The Hall–Kier alpha value is -2.16. The van der Waals surface area contributed by atoms with Crippen LogP contribution in [0.25, 0.3) is 0 Å². The summed E-state index contributed by atoms with van der Waals surface area (Å²) < 4.78 is 16.3. The number of carbonyl (C=O) groups is 1. The lowest BCUT2D eigenvalue weighted by Gasteiger charge is -2.38. The van der Waals surface area contributed by atoms with Gasteiger partial charge in [-0.15, -0.1) is 0 Å². The number of rotatable bonds is 6. The number of hydrogen-bond acceptors (Lipinski definition) is 7. The second kappa shape index (κ2) is 9.56. The first-order valence-corrected chi connectivity index (χ1v) is 9.57. The zero-order valence-electron chi connectivity index (χ0n) is 15.8. The van der Waals surface area contributed by atoms with Crippen molar-refractivity contribution in [3.05, 3.63) is 64.7 Å². The number of aliphatic hydroxyl groups excluding tert-OH is 3. The summed E-state index contributed by atoms with van der Waals surface area (Å²) in [6.07, 6.45) is -5.64. The molecule has 1 aliphatic heterocycles. The third kappa shape index (κ3) is 5.46. The van der Waals surface area contributed by atoms with Crippen LogP contribution < -0.4 is 4.74 Å². The lowest BCUT2D eigenvalue weighted by Crippen LogP contribution is -2.57. The van der Waals surface area contributed by atoms with Crippen LogP contribution in [-0.4, -0.2) is 58.4 Å². The summed E-state index contributed by atoms with van der Waals surface area (Å²) in [5.41, 5.74) is 1.15. The zero-order valence-corrected chi connectivity index (χ0v) is 16.5. The molecule has 0 amide bonds. The monoisotopic (exact) mass is 422 g/mol. The maximum Gasteiger partial charge on any atom is 0.338 e. The molecular weight excluding hydrogens is 400 g/mol. The van der Waals surface area contributed by atoms with Crippen molar-refractivity contribution in [3.8, 4) is 5.75 Å². The Balaban J connectivity index is 1.61. The topological polar surface area (TPSA) is 105 Å². The minimum absolute atomic E-state index is 0.180. The molecule has 7 nitrogen and oxygen atoms in total. The van der Waals surface area contributed by atoms with Crippen molar-refractivity contribution in [2.24, 2.45) is 0 Å². The molecule has 3 rings (SSSR count). The van der Waals surface area contributed by atoms with Crippen molar-refractivity contribution in [1.29, 1.82) is 0 Å². The van der Waals surface area contributed by atoms with Gasteiger partial charge in [-0.3, -0.25) is 0 Å². The molecule has 0 radical (unpaired) electrons. The van der Waals surface area contributed by atoms with Crippen molar-refractivity contribution in [2.45, 2.75) is 44.1 Å². The van der Waals surface area contributed by atoms with Crippen LogP contribution in [0.15, 0.2) is 48.5 Å². The fourth-order valence-electron chi connectivity index (χ4n) is 3.02. The van der Waals surface area contributed by atoms with Crippen LogP contribution in [0.3, 0.4) is 0 Å². The van der Waals surface area contributed by atoms with Crippen molar-refractivity contribution in [1.82, 2.24) is 0 Å². The van der Waals surface area contributed by atoms with Crippen LogP contribution in [0.2, 0.25) is 5.02 Å². The van der Waals surface area contributed by atoms with Gasteiger partial charge in [0, 0.05) is 5.02 Å². The van der Waals surface area contributed by atoms with Crippen LogP contribution in [-0.2, 0) is 16.1 Å². The number of carbonyl (C=O) groups excluding carboxylic acids is 1. The average molecular weight is 423 g/mol. The largest absolute Gasteiger partial charge is 0.489 e. The van der Waals surface area contributed by atoms with E-state index in [1.807, 2.05) is 30.3 Å². The number of esters is 1. The molecule has 0 spiro atoms. The highest BCUT2D eigenvalue weighted by molar-refractivity contribution is 6.31. The van der Waals surface area contributed by atoms with Gasteiger partial charge >= 0.3 is 5.97 Å². The first-order valence-electron chi connectivity index (χ1n) is 9.19. The Labute approximate surface area is 173 Å². The Bertz CT molecular complexity index is 829. The van der Waals surface area contributed by atoms with Gasteiger partial charge in [-0.05, 0) is 30.7 Å². The van der Waals surface area contributed by atoms with Crippen molar-refractivity contribution >= 4 is 17.6 Å². The third-order valence-electron chi connectivity index (χ3n) is 4.69. The van der Waals surface area contributed by atoms with Gasteiger partial charge in [-0.25, -0.2) is 4.79 Å². The summed E-state index contributed by atoms with van der Waals surface area (Å²) in [6, 6.07) is 14.1. The molecule has 2 aromatic carbocycles. The Kier molecular flexibility index (Phi) is 7.10. The smallest absolute Gasteiger partial charge is 0.338 e. The van der Waals surface area contributed by atoms with E-state index in [-0.39, 0.29) is 12.2 Å². The molecule has 1 saturated heterocycles. The van der Waals surface area contributed by atoms with Crippen molar-refractivity contribution in [2.75, 3.05) is 6.61 Å². The van der Waals surface area contributed by atoms with Gasteiger partial charge < -0.3 is 29.5 Å². The first-order chi connectivity index (χ1) is 13.8. The highest BCUT2D eigenvalue weighted by atomic mass is 35.5. The maximum absolute atomic E-state index is 12.4. The van der Waals surface area contributed by atoms with Gasteiger partial charge in [-0.1, -0.05) is 41.9 Å². The normalized spacial score (nSPS) is 26.7. The van der Waals surface area contributed by atoms with E-state index in [1.165, 1.54) is 12.1 Å². The summed E-state index contributed by atoms with van der Waals surface area (Å²) in [7, 11) is 0. The van der Waals surface area contributed by atoms with Gasteiger partial charge in [0.15, 0.2) is 0 Å². The Morgan fingerprint density at radius 3 is 2.52 bits per heavy atom. The number of ether oxygens (including phenoxy) is 3. The Morgan fingerprint density at radius 2 is 1.79 bits per heavy atom. The molecule has 2 aromatic rings. The molecule has 1 aliphatic rings. The van der Waals surface area contributed by atoms with Gasteiger partial charge in [0.2, 0.25) is 0 Å². The van der Waals surface area contributed by atoms with Crippen LogP contribution in [0.4, 0.5) is 0 Å². The molecule has 29 heavy (non-hydrogen) atoms. The van der Waals surface area contributed by atoms with E-state index < -0.39 is 36.5 Å². The third-order valence-corrected chi connectivity index (χ3v) is 4.90. The van der Waals surface area contributed by atoms with Crippen molar-refractivity contribution in [3.63, 3.8) is 0 Å². The van der Waals surface area contributed by atoms with Crippen LogP contribution >= 0.6 is 11.6 Å². The molecule has 3 N–H and O–H groups in total. The Morgan fingerprint density at radius 1 is 1.07 bits per heavy atom. The predicted molar refractivity (Wildman–Crippen MR) is 105 cm³/mol. The molecule has 0 aliphatic carbocycles. The molecule has 8 heteroatoms. The summed E-state index contributed by atoms with van der Waals surface area (Å²) in [5, 5.41) is 29.9. The van der Waals surface area contributed by atoms with E-state index in [0.29, 0.717) is 17.4 Å². The maximum atomic E-state index is 12.4. The molecule has 156 valence electrons. The standard InChI is InChI=1S/C21H23ClO7/c1-12-18(23)20(25)19(24)17(29-12)11-28-21(26)14-7-15(22)9-16(8-14)27-10-13-5-3-2-4-6-13/h2-9,12,17-20,23-25H,10-11H2,1H3/t12?,17-,18+,19-,20-/m1/s1. The lowest BCUT2D eigenvalue weighted by molar-refractivity contribution is -0.224. The summed E-state index contributed by atoms with van der Waals surface area (Å²) >= 11 is 6.09. The van der Waals surface area contributed by atoms with Crippen molar-refractivity contribution < 1.29 is 34.3 Å². The van der Waals surface area contributed by atoms with Crippen LogP contribution in [0.1, 0.15) is 22.8 Å². The van der Waals surface area contributed by atoms with E-state index in [1.54, 1.807) is 13.0 Å². The molecular formula is C21H23ClO7. The fourth-order valence-corrected chi connectivity index (χ4v) is 3.25. The number of benzene rings is 2. The predicted octanol–water partition coefficient (Wildman–Crippen LogP) is 1.95. The molecule has 1 fully saturated rings. The summed E-state index contributed by atoms with van der Waals surface area (Å²) in [4.78, 5) is 12.4. The number of halogens is 1. The second-order valence-corrected chi connectivity index (χ2v) is 7.34. The van der Waals surface area contributed by atoms with E-state index >= 15 is 0 Å².